The second-order valence-corrected chi connectivity index (χ2v) is 6.21. The molecule has 0 spiro atoms. The van der Waals surface area contributed by atoms with Gasteiger partial charge in [0.2, 0.25) is 0 Å². The third kappa shape index (κ3) is 5.12. The highest BCUT2D eigenvalue weighted by molar-refractivity contribution is 5.10. The number of hydrogen-bond acceptors (Lipinski definition) is 4. The lowest BCUT2D eigenvalue weighted by atomic mass is 10.2. The van der Waals surface area contributed by atoms with E-state index in [4.69, 9.17) is 4.74 Å². The quantitative estimate of drug-likeness (QED) is 0.788. The topological polar surface area (TPSA) is 38.2 Å². The van der Waals surface area contributed by atoms with Gasteiger partial charge in [0.05, 0.1) is 11.8 Å². The molecule has 23 heavy (non-hydrogen) atoms. The van der Waals surface area contributed by atoms with Crippen LogP contribution in [0.1, 0.15) is 29.9 Å². The minimum absolute atomic E-state index is 0.365. The Morgan fingerprint density at radius 1 is 1.17 bits per heavy atom. The molecule has 2 aromatic heterocycles. The van der Waals surface area contributed by atoms with E-state index in [0.29, 0.717) is 6.10 Å². The van der Waals surface area contributed by atoms with Crippen LogP contribution in [0.3, 0.4) is 0 Å². The second kappa shape index (κ2) is 8.18. The van der Waals surface area contributed by atoms with E-state index < -0.39 is 0 Å². The number of rotatable bonds is 7. The minimum atomic E-state index is 0.365. The van der Waals surface area contributed by atoms with E-state index in [1.165, 1.54) is 12.8 Å². The minimum Gasteiger partial charge on any atom is -0.377 e. The van der Waals surface area contributed by atoms with Gasteiger partial charge in [0.1, 0.15) is 0 Å². The molecule has 122 valence electrons. The average Bonchev–Trinajstić information content (AvgIpc) is 3.07. The third-order valence-electron chi connectivity index (χ3n) is 4.23. The summed E-state index contributed by atoms with van der Waals surface area (Å²) in [5.74, 6) is 0. The molecule has 1 unspecified atom stereocenters. The largest absolute Gasteiger partial charge is 0.377 e. The predicted molar refractivity (Wildman–Crippen MR) is 91.2 cm³/mol. The molecule has 1 fully saturated rings. The Labute approximate surface area is 138 Å². The summed E-state index contributed by atoms with van der Waals surface area (Å²) in [7, 11) is 0. The summed E-state index contributed by atoms with van der Waals surface area (Å²) in [6.45, 7) is 5.77. The number of aryl methyl sites for hydroxylation is 1. The molecule has 0 saturated carbocycles. The number of nitrogens with zero attached hydrogens (tertiary/aromatic N) is 3. The van der Waals surface area contributed by atoms with Crippen molar-refractivity contribution in [2.75, 3.05) is 19.7 Å². The Morgan fingerprint density at radius 3 is 2.83 bits per heavy atom. The molecule has 0 amide bonds. The van der Waals surface area contributed by atoms with Gasteiger partial charge in [0.25, 0.3) is 0 Å². The average molecular weight is 311 g/mol. The summed E-state index contributed by atoms with van der Waals surface area (Å²) in [6.07, 6.45) is 5.54. The van der Waals surface area contributed by atoms with Gasteiger partial charge in [-0.25, -0.2) is 0 Å². The van der Waals surface area contributed by atoms with Crippen molar-refractivity contribution in [3.63, 3.8) is 0 Å². The molecule has 0 radical (unpaired) electrons. The Morgan fingerprint density at radius 2 is 2.09 bits per heavy atom. The first-order valence-electron chi connectivity index (χ1n) is 8.46. The summed E-state index contributed by atoms with van der Waals surface area (Å²) in [4.78, 5) is 11.5. The molecule has 4 heteroatoms. The fourth-order valence-electron chi connectivity index (χ4n) is 3.04. The summed E-state index contributed by atoms with van der Waals surface area (Å²) in [5, 5.41) is 0. The molecule has 1 aliphatic heterocycles. The monoisotopic (exact) mass is 311 g/mol. The summed E-state index contributed by atoms with van der Waals surface area (Å²) in [6, 6.07) is 12.3. The fraction of sp³-hybridized carbons (Fsp3) is 0.474. The van der Waals surface area contributed by atoms with Crippen molar-refractivity contribution >= 4 is 0 Å². The molecule has 2 aromatic rings. The van der Waals surface area contributed by atoms with Crippen molar-refractivity contribution < 1.29 is 4.74 Å². The third-order valence-corrected chi connectivity index (χ3v) is 4.23. The van der Waals surface area contributed by atoms with Crippen molar-refractivity contribution in [2.45, 2.75) is 38.8 Å². The molecule has 0 bridgehead atoms. The fourth-order valence-corrected chi connectivity index (χ4v) is 3.04. The molecule has 1 aliphatic rings. The van der Waals surface area contributed by atoms with Crippen molar-refractivity contribution in [1.82, 2.24) is 14.9 Å². The van der Waals surface area contributed by atoms with Gasteiger partial charge in [-0.2, -0.15) is 0 Å². The van der Waals surface area contributed by atoms with Gasteiger partial charge >= 0.3 is 0 Å². The van der Waals surface area contributed by atoms with Crippen LogP contribution >= 0.6 is 0 Å². The van der Waals surface area contributed by atoms with Crippen molar-refractivity contribution in [2.24, 2.45) is 0 Å². The Hall–Kier alpha value is -1.78. The molecule has 0 N–H and O–H groups in total. The molecular weight excluding hydrogens is 286 g/mol. The van der Waals surface area contributed by atoms with Gasteiger partial charge < -0.3 is 4.74 Å². The van der Waals surface area contributed by atoms with E-state index in [9.17, 15) is 0 Å². The zero-order valence-electron chi connectivity index (χ0n) is 13.8. The van der Waals surface area contributed by atoms with Crippen LogP contribution in [0.5, 0.6) is 0 Å². The standard InChI is InChI=1S/C19H25N3O/c1-16-6-4-8-17(21-16)10-12-22(15-19-9-5-13-23-19)14-18-7-2-3-11-20-18/h2-4,6-8,11,19H,5,9-10,12-15H2,1H3. The van der Waals surface area contributed by atoms with E-state index in [-0.39, 0.29) is 0 Å². The van der Waals surface area contributed by atoms with E-state index >= 15 is 0 Å². The van der Waals surface area contributed by atoms with Crippen molar-refractivity contribution in [3.05, 3.63) is 59.7 Å². The summed E-state index contributed by atoms with van der Waals surface area (Å²) in [5.41, 5.74) is 3.35. The maximum Gasteiger partial charge on any atom is 0.0702 e. The van der Waals surface area contributed by atoms with Crippen LogP contribution in [0.2, 0.25) is 0 Å². The number of pyridine rings is 2. The van der Waals surface area contributed by atoms with Crippen LogP contribution in [0.15, 0.2) is 42.6 Å². The maximum absolute atomic E-state index is 5.81. The van der Waals surface area contributed by atoms with Crippen LogP contribution < -0.4 is 0 Å². The van der Waals surface area contributed by atoms with Crippen molar-refractivity contribution in [3.8, 4) is 0 Å². The molecule has 3 heterocycles. The lowest BCUT2D eigenvalue weighted by Crippen LogP contribution is -2.33. The van der Waals surface area contributed by atoms with Crippen LogP contribution in [0.4, 0.5) is 0 Å². The zero-order valence-corrected chi connectivity index (χ0v) is 13.8. The van der Waals surface area contributed by atoms with E-state index in [1.807, 2.05) is 25.3 Å². The van der Waals surface area contributed by atoms with Gasteiger partial charge in [-0.3, -0.25) is 14.9 Å². The highest BCUT2D eigenvalue weighted by atomic mass is 16.5. The Kier molecular flexibility index (Phi) is 5.72. The SMILES string of the molecule is Cc1cccc(CCN(Cc2ccccn2)CC2CCCO2)n1. The maximum atomic E-state index is 5.81. The van der Waals surface area contributed by atoms with Crippen molar-refractivity contribution in [1.29, 1.82) is 0 Å². The van der Waals surface area contributed by atoms with E-state index in [1.54, 1.807) is 0 Å². The smallest absolute Gasteiger partial charge is 0.0702 e. The Bertz CT molecular complexity index is 597. The van der Waals surface area contributed by atoms with Crippen LogP contribution in [0, 0.1) is 6.92 Å². The molecular formula is C19H25N3O. The lowest BCUT2D eigenvalue weighted by molar-refractivity contribution is 0.0704. The zero-order chi connectivity index (χ0) is 15.9. The first-order chi connectivity index (χ1) is 11.3. The highest BCUT2D eigenvalue weighted by Gasteiger charge is 2.19. The van der Waals surface area contributed by atoms with Gasteiger partial charge in [0, 0.05) is 50.2 Å². The molecule has 0 aromatic carbocycles. The van der Waals surface area contributed by atoms with E-state index in [0.717, 1.165) is 49.7 Å². The van der Waals surface area contributed by atoms with Gasteiger partial charge in [-0.15, -0.1) is 0 Å². The highest BCUT2D eigenvalue weighted by Crippen LogP contribution is 2.15. The first kappa shape index (κ1) is 16.1. The molecule has 1 saturated heterocycles. The molecule has 0 aliphatic carbocycles. The molecule has 1 atom stereocenters. The molecule has 4 nitrogen and oxygen atoms in total. The van der Waals surface area contributed by atoms with Crippen LogP contribution in [-0.4, -0.2) is 40.7 Å². The van der Waals surface area contributed by atoms with Gasteiger partial charge in [-0.1, -0.05) is 12.1 Å². The number of ether oxygens (including phenoxy) is 1. The first-order valence-corrected chi connectivity index (χ1v) is 8.46. The van der Waals surface area contributed by atoms with Gasteiger partial charge in [-0.05, 0) is 44.0 Å². The lowest BCUT2D eigenvalue weighted by Gasteiger charge is -2.24. The van der Waals surface area contributed by atoms with E-state index in [2.05, 4.69) is 39.1 Å². The molecule has 3 rings (SSSR count). The van der Waals surface area contributed by atoms with Crippen LogP contribution in [0.25, 0.3) is 0 Å². The number of hydrogen-bond donors (Lipinski definition) is 0. The summed E-state index contributed by atoms with van der Waals surface area (Å²) < 4.78 is 5.81. The predicted octanol–water partition coefficient (Wildman–Crippen LogP) is 3.01. The number of aromatic nitrogens is 2. The summed E-state index contributed by atoms with van der Waals surface area (Å²) >= 11 is 0. The normalized spacial score (nSPS) is 17.7. The Balaban J connectivity index is 1.61. The van der Waals surface area contributed by atoms with Crippen LogP contribution in [-0.2, 0) is 17.7 Å². The second-order valence-electron chi connectivity index (χ2n) is 6.21. The van der Waals surface area contributed by atoms with Gasteiger partial charge in [0.15, 0.2) is 0 Å².